The van der Waals surface area contributed by atoms with Gasteiger partial charge in [0.05, 0.1) is 5.56 Å². The number of benzene rings is 8. The molecule has 0 radical (unpaired) electrons. The van der Waals surface area contributed by atoms with Crippen molar-refractivity contribution in [3.63, 3.8) is 0 Å². The highest BCUT2D eigenvalue weighted by molar-refractivity contribution is 6.24. The molecule has 0 saturated heterocycles. The Morgan fingerprint density at radius 3 is 1.23 bits per heavy atom. The second-order valence-electron chi connectivity index (χ2n) is 16.8. The lowest BCUT2D eigenvalue weighted by atomic mass is 9.79. The number of fused-ring (bicyclic) bond motifs is 12. The maximum absolute atomic E-state index is 6.96. The summed E-state index contributed by atoms with van der Waals surface area (Å²) in [5.74, 6) is 0. The maximum atomic E-state index is 6.96. The third kappa shape index (κ3) is 4.11. The summed E-state index contributed by atoms with van der Waals surface area (Å²) >= 11 is 0. The summed E-state index contributed by atoms with van der Waals surface area (Å²) in [5.41, 5.74) is 20.6. The Morgan fingerprint density at radius 2 is 0.732 bits per heavy atom. The molecule has 0 aliphatic heterocycles. The first kappa shape index (κ1) is 31.7. The van der Waals surface area contributed by atoms with E-state index in [1.54, 1.807) is 0 Å². The average molecular weight is 719 g/mol. The van der Waals surface area contributed by atoms with Crippen LogP contribution in [0.15, 0.2) is 167 Å². The molecule has 2 aromatic heterocycles. The summed E-state index contributed by atoms with van der Waals surface area (Å²) in [6.07, 6.45) is 0. The quantitative estimate of drug-likeness (QED) is 0.182. The maximum Gasteiger partial charge on any atom is 0.147 e. The number of hydrogen-bond acceptors (Lipinski definition) is 2. The summed E-state index contributed by atoms with van der Waals surface area (Å²) in [5, 5.41) is 4.38. The molecule has 2 nitrogen and oxygen atoms in total. The van der Waals surface area contributed by atoms with E-state index in [0.29, 0.717) is 0 Å². The van der Waals surface area contributed by atoms with E-state index in [9.17, 15) is 0 Å². The van der Waals surface area contributed by atoms with Crippen molar-refractivity contribution in [3.8, 4) is 55.6 Å². The second-order valence-corrected chi connectivity index (χ2v) is 16.8. The Bertz CT molecular complexity index is 3100. The van der Waals surface area contributed by atoms with Gasteiger partial charge in [0, 0.05) is 37.9 Å². The van der Waals surface area contributed by atoms with Crippen LogP contribution in [0.4, 0.5) is 0 Å². The summed E-state index contributed by atoms with van der Waals surface area (Å²) in [6, 6.07) is 57.8. The standard InChI is InChI=1S/C54H38O2/c1-53(2)43-20-9-5-14-35(43)37-26-24-31(28-45(37)53)33-18-13-19-34(32-25-27-38-36-15-6-10-21-44(36)54(3,4)46(38)29-32)49(33)50-51-41(39-16-7-11-22-47(39)55-51)30-42-40-17-8-12-23-48(40)56-52(42)50/h5-30H,1-4H3. The predicted octanol–water partition coefficient (Wildman–Crippen LogP) is 15.1. The minimum absolute atomic E-state index is 0.134. The highest BCUT2D eigenvalue weighted by Crippen LogP contribution is 2.55. The lowest BCUT2D eigenvalue weighted by molar-refractivity contribution is 0.658. The molecule has 0 atom stereocenters. The van der Waals surface area contributed by atoms with Gasteiger partial charge in [-0.25, -0.2) is 0 Å². The fourth-order valence-corrected chi connectivity index (χ4v) is 10.3. The Hall–Kier alpha value is -6.64. The van der Waals surface area contributed by atoms with E-state index in [4.69, 9.17) is 8.83 Å². The molecule has 0 spiro atoms. The molecular weight excluding hydrogens is 681 g/mol. The SMILES string of the molecule is CC1(C)c2ccccc2-c2ccc(-c3cccc(-c4ccc5c(c4)C(C)(C)c4ccccc4-5)c3-c3c4oc5ccccc5c4cc4c3oc3ccccc34)cc21. The zero-order valence-electron chi connectivity index (χ0n) is 31.8. The van der Waals surface area contributed by atoms with E-state index in [1.807, 2.05) is 0 Å². The number of rotatable bonds is 3. The molecule has 2 heteroatoms. The van der Waals surface area contributed by atoms with Crippen molar-refractivity contribution < 1.29 is 8.83 Å². The predicted molar refractivity (Wildman–Crippen MR) is 232 cm³/mol. The van der Waals surface area contributed by atoms with Crippen LogP contribution in [-0.2, 0) is 10.8 Å². The van der Waals surface area contributed by atoms with E-state index in [0.717, 1.165) is 66.1 Å². The fourth-order valence-electron chi connectivity index (χ4n) is 10.3. The summed E-state index contributed by atoms with van der Waals surface area (Å²) in [7, 11) is 0. The van der Waals surface area contributed by atoms with Crippen LogP contribution in [0, 0.1) is 0 Å². The topological polar surface area (TPSA) is 26.3 Å². The van der Waals surface area contributed by atoms with Crippen LogP contribution in [0.5, 0.6) is 0 Å². The highest BCUT2D eigenvalue weighted by atomic mass is 16.3. The van der Waals surface area contributed by atoms with E-state index < -0.39 is 0 Å². The second kappa shape index (κ2) is 11.0. The van der Waals surface area contributed by atoms with Crippen LogP contribution in [0.3, 0.4) is 0 Å². The van der Waals surface area contributed by atoms with Crippen LogP contribution in [0.2, 0.25) is 0 Å². The molecule has 12 rings (SSSR count). The normalized spacial score (nSPS) is 14.7. The van der Waals surface area contributed by atoms with Gasteiger partial charge >= 0.3 is 0 Å². The van der Waals surface area contributed by atoms with Gasteiger partial charge in [-0.05, 0) is 97.1 Å². The first-order valence-electron chi connectivity index (χ1n) is 19.7. The smallest absolute Gasteiger partial charge is 0.147 e. The summed E-state index contributed by atoms with van der Waals surface area (Å²) in [4.78, 5) is 0. The van der Waals surface area contributed by atoms with Gasteiger partial charge in [0.15, 0.2) is 0 Å². The van der Waals surface area contributed by atoms with Gasteiger partial charge in [-0.2, -0.15) is 0 Å². The molecule has 2 heterocycles. The van der Waals surface area contributed by atoms with Gasteiger partial charge in [-0.15, -0.1) is 0 Å². The van der Waals surface area contributed by atoms with Crippen molar-refractivity contribution in [3.05, 3.63) is 180 Å². The Balaban J connectivity index is 1.21. The zero-order chi connectivity index (χ0) is 37.5. The van der Waals surface area contributed by atoms with Crippen molar-refractivity contribution in [2.45, 2.75) is 38.5 Å². The molecule has 0 fully saturated rings. The van der Waals surface area contributed by atoms with Crippen LogP contribution in [0.1, 0.15) is 49.9 Å². The molecule has 2 aliphatic carbocycles. The third-order valence-electron chi connectivity index (χ3n) is 13.1. The van der Waals surface area contributed by atoms with E-state index in [-0.39, 0.29) is 10.8 Å². The van der Waals surface area contributed by atoms with Crippen molar-refractivity contribution >= 4 is 43.9 Å². The third-order valence-corrected chi connectivity index (χ3v) is 13.1. The first-order valence-corrected chi connectivity index (χ1v) is 19.7. The molecule has 0 N–H and O–H groups in total. The van der Waals surface area contributed by atoms with Crippen LogP contribution >= 0.6 is 0 Å². The van der Waals surface area contributed by atoms with Gasteiger partial charge in [0.25, 0.3) is 0 Å². The van der Waals surface area contributed by atoms with E-state index in [2.05, 4.69) is 185 Å². The van der Waals surface area contributed by atoms with Crippen LogP contribution in [-0.4, -0.2) is 0 Å². The Labute approximate surface area is 325 Å². The van der Waals surface area contributed by atoms with Crippen LogP contribution in [0.25, 0.3) is 99.5 Å². The largest absolute Gasteiger partial charge is 0.455 e. The number of hydrogen-bond donors (Lipinski definition) is 0. The molecule has 2 aliphatic rings. The summed E-state index contributed by atoms with van der Waals surface area (Å²) < 4.78 is 13.9. The zero-order valence-corrected chi connectivity index (χ0v) is 31.8. The fraction of sp³-hybridized carbons (Fsp3) is 0.111. The van der Waals surface area contributed by atoms with Crippen molar-refractivity contribution in [1.82, 2.24) is 0 Å². The Kier molecular flexibility index (Phi) is 6.22. The number of para-hydroxylation sites is 2. The average Bonchev–Trinajstić information content (AvgIpc) is 3.92. The molecule has 266 valence electrons. The highest BCUT2D eigenvalue weighted by Gasteiger charge is 2.37. The molecule has 8 aromatic carbocycles. The molecule has 0 unspecified atom stereocenters. The lowest BCUT2D eigenvalue weighted by Gasteiger charge is -2.24. The molecule has 0 amide bonds. The monoisotopic (exact) mass is 718 g/mol. The molecule has 56 heavy (non-hydrogen) atoms. The van der Waals surface area contributed by atoms with Crippen molar-refractivity contribution in [1.29, 1.82) is 0 Å². The minimum Gasteiger partial charge on any atom is -0.455 e. The Morgan fingerprint density at radius 1 is 0.321 bits per heavy atom. The molecule has 10 aromatic rings. The van der Waals surface area contributed by atoms with Crippen LogP contribution < -0.4 is 0 Å². The van der Waals surface area contributed by atoms with E-state index >= 15 is 0 Å². The van der Waals surface area contributed by atoms with Gasteiger partial charge in [0.1, 0.15) is 22.3 Å². The van der Waals surface area contributed by atoms with Crippen molar-refractivity contribution in [2.24, 2.45) is 0 Å². The molecular formula is C54H38O2. The van der Waals surface area contributed by atoms with Gasteiger partial charge in [0.2, 0.25) is 0 Å². The van der Waals surface area contributed by atoms with Gasteiger partial charge in [-0.3, -0.25) is 0 Å². The minimum atomic E-state index is -0.134. The van der Waals surface area contributed by atoms with E-state index in [1.165, 1.54) is 55.6 Å². The summed E-state index contributed by atoms with van der Waals surface area (Å²) in [6.45, 7) is 9.43. The first-order chi connectivity index (χ1) is 27.3. The van der Waals surface area contributed by atoms with Gasteiger partial charge in [-0.1, -0.05) is 155 Å². The molecule has 0 saturated carbocycles. The lowest BCUT2D eigenvalue weighted by Crippen LogP contribution is -2.15. The van der Waals surface area contributed by atoms with Gasteiger partial charge < -0.3 is 8.83 Å². The molecule has 0 bridgehead atoms. The number of furan rings is 2. The van der Waals surface area contributed by atoms with Crippen molar-refractivity contribution in [2.75, 3.05) is 0 Å².